The van der Waals surface area contributed by atoms with Crippen molar-refractivity contribution in [3.8, 4) is 0 Å². The van der Waals surface area contributed by atoms with Gasteiger partial charge in [0.1, 0.15) is 0 Å². The Morgan fingerprint density at radius 1 is 0.936 bits per heavy atom. The molecule has 15 heteroatoms. The number of para-hydroxylation sites is 1. The number of fused-ring (bicyclic) bond motifs is 1. The van der Waals surface area contributed by atoms with Gasteiger partial charge in [-0.25, -0.2) is 4.99 Å². The molecule has 0 radical (unpaired) electrons. The summed E-state index contributed by atoms with van der Waals surface area (Å²) in [6, 6.07) is 15.4. The van der Waals surface area contributed by atoms with E-state index in [9.17, 15) is 40.7 Å². The van der Waals surface area contributed by atoms with E-state index >= 15 is 0 Å². The van der Waals surface area contributed by atoms with Gasteiger partial charge in [0.2, 0.25) is 18.0 Å². The first-order chi connectivity index (χ1) is 22.1. The maximum absolute atomic E-state index is 13.8. The van der Waals surface area contributed by atoms with Crippen LogP contribution in [0, 0.1) is 5.92 Å². The van der Waals surface area contributed by atoms with E-state index in [0.29, 0.717) is 54.8 Å². The Labute approximate surface area is 268 Å². The zero-order chi connectivity index (χ0) is 34.4. The fourth-order valence-corrected chi connectivity index (χ4v) is 5.32. The third-order valence-corrected chi connectivity index (χ3v) is 7.96. The molecule has 254 valence electrons. The molecule has 2 aliphatic heterocycles. The van der Waals surface area contributed by atoms with Crippen molar-refractivity contribution in [3.63, 3.8) is 0 Å². The first-order valence-corrected chi connectivity index (χ1v) is 15.0. The van der Waals surface area contributed by atoms with Gasteiger partial charge in [-0.2, -0.15) is 26.3 Å². The molecule has 4 rings (SSSR count). The molecule has 2 aromatic carbocycles. The largest absolute Gasteiger partial charge is 0.392 e. The summed E-state index contributed by atoms with van der Waals surface area (Å²) < 4.78 is 80.3. The van der Waals surface area contributed by atoms with Crippen molar-refractivity contribution >= 4 is 29.1 Å². The van der Waals surface area contributed by atoms with E-state index in [2.05, 4.69) is 15.6 Å². The molecule has 0 bridgehead atoms. The van der Waals surface area contributed by atoms with Gasteiger partial charge < -0.3 is 20.4 Å². The number of alkyl halides is 6. The third kappa shape index (κ3) is 9.88. The Bertz CT molecular complexity index is 1490. The molecule has 1 saturated heterocycles. The predicted octanol–water partition coefficient (Wildman–Crippen LogP) is 4.10. The molecule has 0 aliphatic carbocycles. The fourth-order valence-electron chi connectivity index (χ4n) is 5.32. The second kappa shape index (κ2) is 15.1. The number of hydrogen-bond donors (Lipinski definition) is 2. The number of anilines is 1. The third-order valence-electron chi connectivity index (χ3n) is 7.96. The lowest BCUT2D eigenvalue weighted by Gasteiger charge is -2.32. The van der Waals surface area contributed by atoms with E-state index in [1.807, 2.05) is 16.8 Å². The number of rotatable bonds is 10. The van der Waals surface area contributed by atoms with E-state index in [-0.39, 0.29) is 6.67 Å². The van der Waals surface area contributed by atoms with Crippen LogP contribution in [0.1, 0.15) is 30.4 Å². The monoisotopic (exact) mass is 666 g/mol. The van der Waals surface area contributed by atoms with Gasteiger partial charge in [0.25, 0.3) is 5.91 Å². The summed E-state index contributed by atoms with van der Waals surface area (Å²) in [5.41, 5.74) is 1.00. The first kappa shape index (κ1) is 35.6. The van der Waals surface area contributed by atoms with Gasteiger partial charge in [-0.05, 0) is 19.5 Å². The van der Waals surface area contributed by atoms with E-state index in [1.54, 1.807) is 54.6 Å². The molecule has 1 fully saturated rings. The highest BCUT2D eigenvalue weighted by Gasteiger charge is 2.38. The topological polar surface area (TPSA) is 97.3 Å². The summed E-state index contributed by atoms with van der Waals surface area (Å²) in [6.07, 6.45) is -15.1. The molecule has 0 saturated carbocycles. The van der Waals surface area contributed by atoms with Crippen LogP contribution in [0.4, 0.5) is 32.0 Å². The summed E-state index contributed by atoms with van der Waals surface area (Å²) in [6.45, 7) is 2.36. The van der Waals surface area contributed by atoms with Crippen LogP contribution in [0.2, 0.25) is 0 Å². The Hall–Kier alpha value is -4.24. The summed E-state index contributed by atoms with van der Waals surface area (Å²) in [7, 11) is 3.34. The van der Waals surface area contributed by atoms with Crippen molar-refractivity contribution in [2.75, 3.05) is 51.8 Å². The Balaban J connectivity index is 1.69. The molecule has 0 spiro atoms. The molecule has 2 aromatic rings. The van der Waals surface area contributed by atoms with Crippen molar-refractivity contribution in [1.29, 1.82) is 0 Å². The van der Waals surface area contributed by atoms with E-state index in [0.717, 1.165) is 0 Å². The maximum atomic E-state index is 13.8. The van der Waals surface area contributed by atoms with Gasteiger partial charge >= 0.3 is 12.4 Å². The Morgan fingerprint density at radius 2 is 1.57 bits per heavy atom. The van der Waals surface area contributed by atoms with Crippen molar-refractivity contribution in [1.82, 2.24) is 20.4 Å². The number of halogens is 6. The van der Waals surface area contributed by atoms with Gasteiger partial charge in [0.05, 0.1) is 30.4 Å². The molecule has 2 aliphatic rings. The van der Waals surface area contributed by atoms with Crippen LogP contribution in [0.25, 0.3) is 0 Å². The van der Waals surface area contributed by atoms with Crippen LogP contribution >= 0.6 is 0 Å². The van der Waals surface area contributed by atoms with E-state index in [1.165, 1.54) is 11.9 Å². The average molecular weight is 667 g/mol. The van der Waals surface area contributed by atoms with Crippen LogP contribution in [0.5, 0.6) is 0 Å². The number of hydrogen-bond acceptors (Lipinski definition) is 6. The highest BCUT2D eigenvalue weighted by atomic mass is 19.4. The highest BCUT2D eigenvalue weighted by Crippen LogP contribution is 2.31. The van der Waals surface area contributed by atoms with Crippen molar-refractivity contribution < 1.29 is 40.7 Å². The SMILES string of the molecule is CN1CCN(CNC(=O)[C@@H](CCC(F)(F)F)/C(=C/CC(F)(F)F)C(=O)N[C@H]2N=C(c3ccccc3)c3ccccc3N(C)C2=O)CC1. The molecule has 0 aromatic heterocycles. The standard InChI is InChI=1S/C32H36F6N6O3/c1-42-16-18-44(19-17-42)20-39-28(45)22(12-14-31(33,34)35)23(13-15-32(36,37)38)29(46)41-27-30(47)43(2)25-11-7-6-10-24(25)26(40-27)21-8-4-3-5-9-21/h3-11,13,22,27H,12,14-20H2,1-2H3,(H,39,45)(H,41,46)/b23-13-/t22-,27+/m0/s1. The number of carbonyl (C=O) groups excluding carboxylic acids is 3. The summed E-state index contributed by atoms with van der Waals surface area (Å²) in [4.78, 5) is 50.3. The Kier molecular flexibility index (Phi) is 11.4. The fraction of sp³-hybridized carbons (Fsp3) is 0.438. The van der Waals surface area contributed by atoms with E-state index in [4.69, 9.17) is 0 Å². The number of nitrogens with one attached hydrogen (secondary N) is 2. The smallest absolute Gasteiger partial charge is 0.343 e. The van der Waals surface area contributed by atoms with Gasteiger partial charge in [0.15, 0.2) is 0 Å². The summed E-state index contributed by atoms with van der Waals surface area (Å²) in [5, 5.41) is 4.82. The highest BCUT2D eigenvalue weighted by molar-refractivity contribution is 6.20. The molecule has 9 nitrogen and oxygen atoms in total. The summed E-state index contributed by atoms with van der Waals surface area (Å²) in [5.74, 6) is -5.01. The number of benzene rings is 2. The molecule has 47 heavy (non-hydrogen) atoms. The number of nitrogens with zero attached hydrogens (tertiary/aromatic N) is 4. The molecule has 2 N–H and O–H groups in total. The number of aliphatic imine (C=N–C) groups is 1. The number of allylic oxidation sites excluding steroid dienone is 1. The van der Waals surface area contributed by atoms with Crippen LogP contribution in [0.15, 0.2) is 71.2 Å². The zero-order valence-electron chi connectivity index (χ0n) is 25.9. The number of likely N-dealkylation sites (N-methyl/N-ethyl adjacent to an activating group) is 2. The Morgan fingerprint density at radius 3 is 2.21 bits per heavy atom. The van der Waals surface area contributed by atoms with Crippen LogP contribution in [-0.2, 0) is 14.4 Å². The average Bonchev–Trinajstić information content (AvgIpc) is 3.12. The van der Waals surface area contributed by atoms with E-state index < -0.39 is 67.0 Å². The molecule has 2 atom stereocenters. The van der Waals surface area contributed by atoms with Crippen LogP contribution in [-0.4, -0.2) is 98.7 Å². The zero-order valence-corrected chi connectivity index (χ0v) is 25.9. The summed E-state index contributed by atoms with van der Waals surface area (Å²) >= 11 is 0. The molecule has 0 unspecified atom stereocenters. The number of benzodiazepines with no additional fused rings is 1. The van der Waals surface area contributed by atoms with Crippen LogP contribution < -0.4 is 15.5 Å². The number of carbonyl (C=O) groups is 3. The van der Waals surface area contributed by atoms with Crippen molar-refractivity contribution in [2.45, 2.75) is 37.8 Å². The number of piperazine rings is 1. The van der Waals surface area contributed by atoms with Gasteiger partial charge in [-0.15, -0.1) is 0 Å². The minimum atomic E-state index is -4.84. The lowest BCUT2D eigenvalue weighted by molar-refractivity contribution is -0.141. The van der Waals surface area contributed by atoms with Crippen LogP contribution in [0.3, 0.4) is 0 Å². The lowest BCUT2D eigenvalue weighted by atomic mass is 9.91. The van der Waals surface area contributed by atoms with Crippen molar-refractivity contribution in [3.05, 3.63) is 77.4 Å². The van der Waals surface area contributed by atoms with Gasteiger partial charge in [0, 0.05) is 56.3 Å². The number of amides is 3. The first-order valence-electron chi connectivity index (χ1n) is 15.0. The molecular weight excluding hydrogens is 630 g/mol. The minimum absolute atomic E-state index is 0.0712. The quantitative estimate of drug-likeness (QED) is 0.294. The maximum Gasteiger partial charge on any atom is 0.392 e. The second-order valence-corrected chi connectivity index (χ2v) is 11.4. The molecular formula is C32H36F6N6O3. The normalized spacial score (nSPS) is 19.0. The molecule has 2 heterocycles. The lowest BCUT2D eigenvalue weighted by Crippen LogP contribution is -2.50. The predicted molar refractivity (Wildman–Crippen MR) is 163 cm³/mol. The van der Waals surface area contributed by atoms with Gasteiger partial charge in [-0.3, -0.25) is 19.3 Å². The second-order valence-electron chi connectivity index (χ2n) is 11.4. The van der Waals surface area contributed by atoms with Crippen molar-refractivity contribution in [2.24, 2.45) is 10.9 Å². The molecule has 3 amide bonds. The van der Waals surface area contributed by atoms with Gasteiger partial charge in [-0.1, -0.05) is 54.6 Å². The minimum Gasteiger partial charge on any atom is -0.343 e.